The van der Waals surface area contributed by atoms with Gasteiger partial charge in [0, 0.05) is 32.2 Å². The molecular formula is C17H21N5O4S2. The third kappa shape index (κ3) is 3.61. The van der Waals surface area contributed by atoms with Crippen molar-refractivity contribution in [2.24, 2.45) is 0 Å². The molecule has 2 amide bonds. The van der Waals surface area contributed by atoms with Gasteiger partial charge in [-0.1, -0.05) is 18.9 Å². The Labute approximate surface area is 167 Å². The van der Waals surface area contributed by atoms with Crippen molar-refractivity contribution in [2.75, 3.05) is 26.2 Å². The Hall–Kier alpha value is -2.11. The standard InChI is InChI=1S/C17H21N5O4S2/c23-16(18-12-4-1-2-5-12)17(24)21-8-10-22(11-9-21)28(25,26)14-7-3-6-13-15(14)20-27-19-13/h3,6-7,12H,1-2,4-5,8-11H2,(H,18,23). The van der Waals surface area contributed by atoms with Crippen molar-refractivity contribution in [3.63, 3.8) is 0 Å². The molecule has 1 aromatic carbocycles. The summed E-state index contributed by atoms with van der Waals surface area (Å²) in [7, 11) is -3.75. The molecule has 150 valence electrons. The zero-order valence-electron chi connectivity index (χ0n) is 15.2. The fourth-order valence-corrected chi connectivity index (χ4v) is 5.90. The lowest BCUT2D eigenvalue weighted by atomic mass is 10.2. The molecule has 1 aromatic heterocycles. The second-order valence-electron chi connectivity index (χ2n) is 7.04. The summed E-state index contributed by atoms with van der Waals surface area (Å²) in [6.07, 6.45) is 3.94. The summed E-state index contributed by atoms with van der Waals surface area (Å²) in [5, 5.41) is 2.78. The van der Waals surface area contributed by atoms with E-state index < -0.39 is 21.8 Å². The van der Waals surface area contributed by atoms with Crippen LogP contribution < -0.4 is 5.32 Å². The van der Waals surface area contributed by atoms with Crippen molar-refractivity contribution in [3.8, 4) is 0 Å². The van der Waals surface area contributed by atoms with E-state index >= 15 is 0 Å². The maximum atomic E-state index is 13.0. The molecule has 28 heavy (non-hydrogen) atoms. The molecule has 0 spiro atoms. The lowest BCUT2D eigenvalue weighted by molar-refractivity contribution is -0.147. The van der Waals surface area contributed by atoms with Gasteiger partial charge in [-0.05, 0) is 25.0 Å². The number of hydrogen-bond acceptors (Lipinski definition) is 7. The minimum Gasteiger partial charge on any atom is -0.345 e. The molecule has 0 atom stereocenters. The second-order valence-corrected chi connectivity index (χ2v) is 9.47. The monoisotopic (exact) mass is 423 g/mol. The molecule has 1 aliphatic carbocycles. The highest BCUT2D eigenvalue weighted by Crippen LogP contribution is 2.25. The van der Waals surface area contributed by atoms with Crippen LogP contribution in [0.3, 0.4) is 0 Å². The SMILES string of the molecule is O=C(NC1CCCC1)C(=O)N1CCN(S(=O)(=O)c2cccc3nsnc23)CC1. The third-order valence-corrected chi connectivity index (χ3v) is 7.75. The number of aromatic nitrogens is 2. The van der Waals surface area contributed by atoms with E-state index in [1.165, 1.54) is 15.3 Å². The maximum absolute atomic E-state index is 13.0. The number of carbonyl (C=O) groups is 2. The van der Waals surface area contributed by atoms with Crippen LogP contribution in [0, 0.1) is 0 Å². The fourth-order valence-electron chi connectivity index (χ4n) is 3.72. The fraction of sp³-hybridized carbons (Fsp3) is 0.529. The molecule has 2 fully saturated rings. The van der Waals surface area contributed by atoms with Crippen molar-refractivity contribution in [2.45, 2.75) is 36.6 Å². The minimum atomic E-state index is -3.75. The zero-order valence-corrected chi connectivity index (χ0v) is 16.8. The third-order valence-electron chi connectivity index (χ3n) is 5.28. The number of fused-ring (bicyclic) bond motifs is 1. The van der Waals surface area contributed by atoms with Crippen LogP contribution in [0.2, 0.25) is 0 Å². The summed E-state index contributed by atoms with van der Waals surface area (Å²) in [4.78, 5) is 26.1. The first kappa shape index (κ1) is 19.2. The Morgan fingerprint density at radius 2 is 1.79 bits per heavy atom. The number of carbonyl (C=O) groups excluding carboxylic acids is 2. The van der Waals surface area contributed by atoms with Crippen LogP contribution in [-0.2, 0) is 19.6 Å². The molecule has 1 N–H and O–H groups in total. The summed E-state index contributed by atoms with van der Waals surface area (Å²) in [5.74, 6) is -1.18. The van der Waals surface area contributed by atoms with Crippen molar-refractivity contribution < 1.29 is 18.0 Å². The van der Waals surface area contributed by atoms with Crippen LogP contribution in [0.25, 0.3) is 11.0 Å². The first-order chi connectivity index (χ1) is 13.5. The number of sulfonamides is 1. The molecule has 2 aliphatic rings. The molecule has 11 heteroatoms. The van der Waals surface area contributed by atoms with Gasteiger partial charge in [0.2, 0.25) is 10.0 Å². The van der Waals surface area contributed by atoms with Gasteiger partial charge in [-0.15, -0.1) is 0 Å². The van der Waals surface area contributed by atoms with Crippen molar-refractivity contribution in [1.29, 1.82) is 0 Å². The van der Waals surface area contributed by atoms with Crippen molar-refractivity contribution in [3.05, 3.63) is 18.2 Å². The summed E-state index contributed by atoms with van der Waals surface area (Å²) in [6, 6.07) is 4.96. The van der Waals surface area contributed by atoms with Gasteiger partial charge in [-0.25, -0.2) is 8.42 Å². The molecule has 1 saturated heterocycles. The maximum Gasteiger partial charge on any atom is 0.311 e. The van der Waals surface area contributed by atoms with Gasteiger partial charge in [-0.2, -0.15) is 13.1 Å². The second kappa shape index (κ2) is 7.72. The van der Waals surface area contributed by atoms with Gasteiger partial charge in [0.1, 0.15) is 15.9 Å². The molecule has 9 nitrogen and oxygen atoms in total. The average Bonchev–Trinajstić information content (AvgIpc) is 3.38. The summed E-state index contributed by atoms with van der Waals surface area (Å²) in [5.41, 5.74) is 0.908. The Balaban J connectivity index is 1.41. The van der Waals surface area contributed by atoms with E-state index in [9.17, 15) is 18.0 Å². The first-order valence-corrected chi connectivity index (χ1v) is 11.4. The highest BCUT2D eigenvalue weighted by molar-refractivity contribution is 7.89. The number of nitrogens with zero attached hydrogens (tertiary/aromatic N) is 4. The van der Waals surface area contributed by atoms with Crippen LogP contribution >= 0.6 is 11.7 Å². The minimum absolute atomic E-state index is 0.0744. The number of piperazine rings is 1. The molecular weight excluding hydrogens is 402 g/mol. The first-order valence-electron chi connectivity index (χ1n) is 9.28. The normalized spacial score (nSPS) is 19.2. The molecule has 0 bridgehead atoms. The highest BCUT2D eigenvalue weighted by Gasteiger charge is 2.34. The predicted octanol–water partition coefficient (Wildman–Crippen LogP) is 0.583. The molecule has 0 unspecified atom stereocenters. The quantitative estimate of drug-likeness (QED) is 0.723. The lowest BCUT2D eigenvalue weighted by Gasteiger charge is -2.33. The molecule has 2 aromatic rings. The van der Waals surface area contributed by atoms with Crippen LogP contribution in [0.4, 0.5) is 0 Å². The van der Waals surface area contributed by atoms with E-state index in [0.29, 0.717) is 11.0 Å². The molecule has 1 saturated carbocycles. The number of hydrogen-bond donors (Lipinski definition) is 1. The van der Waals surface area contributed by atoms with Crippen molar-refractivity contribution >= 4 is 44.6 Å². The van der Waals surface area contributed by atoms with E-state index in [2.05, 4.69) is 14.1 Å². The van der Waals surface area contributed by atoms with E-state index in [4.69, 9.17) is 0 Å². The Morgan fingerprint density at radius 3 is 2.50 bits per heavy atom. The lowest BCUT2D eigenvalue weighted by Crippen LogP contribution is -2.54. The van der Waals surface area contributed by atoms with Crippen LogP contribution in [-0.4, -0.2) is 70.4 Å². The number of rotatable bonds is 3. The van der Waals surface area contributed by atoms with Crippen LogP contribution in [0.5, 0.6) is 0 Å². The highest BCUT2D eigenvalue weighted by atomic mass is 32.2. The topological polar surface area (TPSA) is 113 Å². The summed E-state index contributed by atoms with van der Waals surface area (Å²) < 4.78 is 35.6. The number of nitrogens with one attached hydrogen (secondary N) is 1. The molecule has 4 rings (SSSR count). The van der Waals surface area contributed by atoms with Gasteiger partial charge in [-0.3, -0.25) is 9.59 Å². The Morgan fingerprint density at radius 1 is 1.07 bits per heavy atom. The average molecular weight is 424 g/mol. The van der Waals surface area contributed by atoms with Gasteiger partial charge in [0.05, 0.1) is 11.7 Å². The largest absolute Gasteiger partial charge is 0.345 e. The molecule has 0 radical (unpaired) electrons. The van der Waals surface area contributed by atoms with E-state index in [1.807, 2.05) is 0 Å². The van der Waals surface area contributed by atoms with E-state index in [1.54, 1.807) is 12.1 Å². The van der Waals surface area contributed by atoms with Crippen LogP contribution in [0.15, 0.2) is 23.1 Å². The van der Waals surface area contributed by atoms with Gasteiger partial charge >= 0.3 is 11.8 Å². The van der Waals surface area contributed by atoms with Gasteiger partial charge < -0.3 is 10.2 Å². The van der Waals surface area contributed by atoms with Crippen LogP contribution in [0.1, 0.15) is 25.7 Å². The zero-order chi connectivity index (χ0) is 19.7. The number of amides is 2. The summed E-state index contributed by atoms with van der Waals surface area (Å²) in [6.45, 7) is 0.639. The smallest absolute Gasteiger partial charge is 0.311 e. The Kier molecular flexibility index (Phi) is 5.30. The predicted molar refractivity (Wildman–Crippen MR) is 103 cm³/mol. The van der Waals surface area contributed by atoms with E-state index in [0.717, 1.165) is 37.4 Å². The molecule has 1 aliphatic heterocycles. The molecule has 2 heterocycles. The summed E-state index contributed by atoms with van der Waals surface area (Å²) >= 11 is 0.970. The van der Waals surface area contributed by atoms with Gasteiger partial charge in [0.25, 0.3) is 0 Å². The number of benzene rings is 1. The van der Waals surface area contributed by atoms with E-state index in [-0.39, 0.29) is 37.1 Å². The van der Waals surface area contributed by atoms with Crippen molar-refractivity contribution in [1.82, 2.24) is 23.3 Å². The Bertz CT molecular complexity index is 992. The van der Waals surface area contributed by atoms with Gasteiger partial charge in [0.15, 0.2) is 0 Å².